The Kier molecular flexibility index (Phi) is 5.29. The Morgan fingerprint density at radius 1 is 0.260 bits per heavy atom. The third-order valence-corrected chi connectivity index (χ3v) is 13.0. The van der Waals surface area contributed by atoms with Crippen LogP contribution in [0.15, 0.2) is 158 Å². The molecule has 0 unspecified atom stereocenters. The van der Waals surface area contributed by atoms with Crippen molar-refractivity contribution < 1.29 is 0 Å². The van der Waals surface area contributed by atoms with Crippen LogP contribution in [0.2, 0.25) is 0 Å². The monoisotopic (exact) mass is 670 g/mol. The molecule has 0 radical (unpaired) electrons. The van der Waals surface area contributed by atoms with Crippen molar-refractivity contribution in [3.8, 4) is 11.4 Å². The van der Waals surface area contributed by atoms with Gasteiger partial charge in [0.25, 0.3) is 0 Å². The number of aromatic nitrogens is 2. The lowest BCUT2D eigenvalue weighted by Crippen LogP contribution is -2.00. The molecular formula is C46H26N2S2. The number of fused-ring (bicyclic) bond motifs is 13. The van der Waals surface area contributed by atoms with E-state index in [0.717, 1.165) is 0 Å². The second-order valence-electron chi connectivity index (χ2n) is 13.3. The summed E-state index contributed by atoms with van der Waals surface area (Å²) in [7, 11) is 0. The fourth-order valence-electron chi connectivity index (χ4n) is 8.55. The minimum Gasteiger partial charge on any atom is -0.309 e. The largest absolute Gasteiger partial charge is 0.309 e. The average Bonchev–Trinajstić information content (AvgIpc) is 3.90. The Labute approximate surface area is 294 Å². The molecule has 50 heavy (non-hydrogen) atoms. The Morgan fingerprint density at radius 3 is 1.10 bits per heavy atom. The average molecular weight is 671 g/mol. The van der Waals surface area contributed by atoms with Gasteiger partial charge >= 0.3 is 0 Å². The van der Waals surface area contributed by atoms with Gasteiger partial charge in [-0.25, -0.2) is 0 Å². The third kappa shape index (κ3) is 3.51. The summed E-state index contributed by atoms with van der Waals surface area (Å²) in [6, 6.07) is 58.7. The predicted molar refractivity (Wildman–Crippen MR) is 218 cm³/mol. The topological polar surface area (TPSA) is 9.86 Å². The molecule has 232 valence electrons. The molecule has 2 nitrogen and oxygen atoms in total. The van der Waals surface area contributed by atoms with Gasteiger partial charge in [0.05, 0.1) is 33.4 Å². The van der Waals surface area contributed by atoms with E-state index in [-0.39, 0.29) is 0 Å². The van der Waals surface area contributed by atoms with E-state index in [0.29, 0.717) is 0 Å². The number of para-hydroxylation sites is 2. The van der Waals surface area contributed by atoms with E-state index in [9.17, 15) is 0 Å². The molecule has 0 bridgehead atoms. The minimum absolute atomic E-state index is 1.20. The zero-order valence-corrected chi connectivity index (χ0v) is 28.4. The number of nitrogens with zero attached hydrogens (tertiary/aromatic N) is 2. The summed E-state index contributed by atoms with van der Waals surface area (Å²) in [5.74, 6) is 0. The van der Waals surface area contributed by atoms with Crippen LogP contribution >= 0.6 is 22.7 Å². The first-order chi connectivity index (χ1) is 24.8. The highest BCUT2D eigenvalue weighted by Crippen LogP contribution is 2.44. The molecule has 8 aromatic carbocycles. The maximum Gasteiger partial charge on any atom is 0.0555 e. The van der Waals surface area contributed by atoms with Gasteiger partial charge in [0.1, 0.15) is 0 Å². The molecule has 0 saturated heterocycles. The highest BCUT2D eigenvalue weighted by Gasteiger charge is 2.20. The summed E-state index contributed by atoms with van der Waals surface area (Å²) in [5.41, 5.74) is 7.34. The van der Waals surface area contributed by atoms with E-state index in [1.807, 2.05) is 22.7 Å². The molecule has 12 aromatic rings. The van der Waals surface area contributed by atoms with Crippen molar-refractivity contribution in [3.05, 3.63) is 158 Å². The Bertz CT molecular complexity index is 3160. The van der Waals surface area contributed by atoms with E-state index in [1.165, 1.54) is 106 Å². The van der Waals surface area contributed by atoms with E-state index >= 15 is 0 Å². The van der Waals surface area contributed by atoms with E-state index < -0.39 is 0 Å². The van der Waals surface area contributed by atoms with Gasteiger partial charge in [-0.1, -0.05) is 97.1 Å². The van der Waals surface area contributed by atoms with Gasteiger partial charge in [-0.2, -0.15) is 0 Å². The Balaban J connectivity index is 1.17. The maximum absolute atomic E-state index is 2.49. The number of hydrogen-bond donors (Lipinski definition) is 0. The molecule has 4 heteroatoms. The highest BCUT2D eigenvalue weighted by atomic mass is 32.1. The van der Waals surface area contributed by atoms with Gasteiger partial charge in [0.2, 0.25) is 0 Å². The molecule has 12 rings (SSSR count). The van der Waals surface area contributed by atoms with E-state index in [2.05, 4.69) is 167 Å². The zero-order valence-electron chi connectivity index (χ0n) is 26.7. The molecule has 4 heterocycles. The van der Waals surface area contributed by atoms with Crippen LogP contribution in [0.3, 0.4) is 0 Å². The molecular weight excluding hydrogens is 645 g/mol. The summed E-state index contributed by atoms with van der Waals surface area (Å²) < 4.78 is 10.3. The predicted octanol–water partition coefficient (Wildman–Crippen LogP) is 13.8. The van der Waals surface area contributed by atoms with Gasteiger partial charge in [-0.05, 0) is 60.7 Å². The Hall–Kier alpha value is -5.94. The molecule has 4 aromatic heterocycles. The molecule has 0 amide bonds. The van der Waals surface area contributed by atoms with Gasteiger partial charge in [0.15, 0.2) is 0 Å². The smallest absolute Gasteiger partial charge is 0.0555 e. The van der Waals surface area contributed by atoms with Crippen molar-refractivity contribution in [2.45, 2.75) is 0 Å². The van der Waals surface area contributed by atoms with Crippen LogP contribution in [0.1, 0.15) is 0 Å². The first-order valence-electron chi connectivity index (χ1n) is 17.0. The van der Waals surface area contributed by atoms with Crippen molar-refractivity contribution in [2.75, 3.05) is 0 Å². The van der Waals surface area contributed by atoms with Crippen molar-refractivity contribution in [1.82, 2.24) is 9.13 Å². The summed E-state index contributed by atoms with van der Waals surface area (Å²) in [6.07, 6.45) is 0. The van der Waals surface area contributed by atoms with Gasteiger partial charge in [-0.3, -0.25) is 0 Å². The minimum atomic E-state index is 1.20. The van der Waals surface area contributed by atoms with Crippen molar-refractivity contribution in [1.29, 1.82) is 0 Å². The molecule has 0 fully saturated rings. The van der Waals surface area contributed by atoms with Gasteiger partial charge in [-0.15, -0.1) is 22.7 Å². The Morgan fingerprint density at radius 2 is 0.640 bits per heavy atom. The fraction of sp³-hybridized carbons (Fsp3) is 0. The molecule has 0 aliphatic rings. The third-order valence-electron chi connectivity index (χ3n) is 10.7. The van der Waals surface area contributed by atoms with Gasteiger partial charge in [0, 0.05) is 72.7 Å². The maximum atomic E-state index is 2.49. The van der Waals surface area contributed by atoms with Crippen LogP contribution in [0.25, 0.3) is 106 Å². The quantitative estimate of drug-likeness (QED) is 0.173. The lowest BCUT2D eigenvalue weighted by molar-refractivity contribution is 1.17. The van der Waals surface area contributed by atoms with Gasteiger partial charge < -0.3 is 9.13 Å². The van der Waals surface area contributed by atoms with Crippen molar-refractivity contribution in [3.63, 3.8) is 0 Å². The lowest BCUT2D eigenvalue weighted by Gasteiger charge is -2.16. The fourth-order valence-corrected chi connectivity index (χ4v) is 10.8. The van der Waals surface area contributed by atoms with Crippen molar-refractivity contribution in [2.24, 2.45) is 0 Å². The molecule has 0 saturated carbocycles. The summed E-state index contributed by atoms with van der Waals surface area (Å²) in [6.45, 7) is 0. The molecule has 0 N–H and O–H groups in total. The first-order valence-corrected chi connectivity index (χ1v) is 18.6. The second-order valence-corrected chi connectivity index (χ2v) is 15.4. The SMILES string of the molecule is c1ccc2c(c1)sc1cc3c(cc12)c1ccccc1n3-c1ccc(-n2c3ccccc3c3cc4c(cc32)sc2ccccc24)c2ccccc12. The highest BCUT2D eigenvalue weighted by molar-refractivity contribution is 7.26. The number of thiophene rings is 2. The molecule has 0 aliphatic carbocycles. The van der Waals surface area contributed by atoms with Crippen LogP contribution in [0, 0.1) is 0 Å². The number of benzene rings is 8. The first kappa shape index (κ1) is 26.9. The normalized spacial score (nSPS) is 12.4. The zero-order chi connectivity index (χ0) is 32.5. The molecule has 0 spiro atoms. The standard InChI is InChI=1S/C46H26N2S2/c1-2-12-28-27(11-1)39(47-37-17-7-3-13-29(37)33-23-35-31-15-5-9-19-43(31)49-45(35)25-41(33)47)21-22-40(28)48-38-18-8-4-14-30(38)34-24-36-32-16-6-10-20-44(32)50-46(36)26-42(34)48/h1-26H. The van der Waals surface area contributed by atoms with Crippen LogP contribution in [-0.2, 0) is 0 Å². The van der Waals surface area contributed by atoms with Crippen LogP contribution in [-0.4, -0.2) is 9.13 Å². The van der Waals surface area contributed by atoms with Crippen LogP contribution in [0.5, 0.6) is 0 Å². The summed E-state index contributed by atoms with van der Waals surface area (Å²) in [5, 5.41) is 12.9. The molecule has 0 aliphatic heterocycles. The number of hydrogen-bond acceptors (Lipinski definition) is 2. The number of rotatable bonds is 2. The second kappa shape index (κ2) is 9.82. The van der Waals surface area contributed by atoms with Crippen molar-refractivity contribution >= 4 is 117 Å². The van der Waals surface area contributed by atoms with Crippen LogP contribution in [0.4, 0.5) is 0 Å². The van der Waals surface area contributed by atoms with E-state index in [4.69, 9.17) is 0 Å². The summed E-state index contributed by atoms with van der Waals surface area (Å²) >= 11 is 3.77. The molecule has 0 atom stereocenters. The lowest BCUT2D eigenvalue weighted by atomic mass is 10.1. The summed E-state index contributed by atoms with van der Waals surface area (Å²) in [4.78, 5) is 0. The van der Waals surface area contributed by atoms with E-state index in [1.54, 1.807) is 0 Å². The van der Waals surface area contributed by atoms with Crippen LogP contribution < -0.4 is 0 Å².